The van der Waals surface area contributed by atoms with Crippen LogP contribution in [-0.4, -0.2) is 6.61 Å². The maximum Gasteiger partial charge on any atom is 0.126 e. The molecule has 0 bridgehead atoms. The molecule has 0 N–H and O–H groups in total. The molecule has 0 aromatic heterocycles. The molecule has 0 unspecified atom stereocenters. The minimum atomic E-state index is -0.224. The molecule has 1 rings (SSSR count). The van der Waals surface area contributed by atoms with Crippen LogP contribution in [0.1, 0.15) is 18.1 Å². The Kier molecular flexibility index (Phi) is 3.07. The monoisotopic (exact) mass is 180 g/mol. The summed E-state index contributed by atoms with van der Waals surface area (Å²) in [7, 11) is 0. The van der Waals surface area contributed by atoms with Crippen LogP contribution in [0.2, 0.25) is 0 Å². The molecule has 0 aliphatic carbocycles. The third-order valence-corrected chi connectivity index (χ3v) is 1.81. The van der Waals surface area contributed by atoms with Gasteiger partial charge in [-0.25, -0.2) is 4.39 Å². The van der Waals surface area contributed by atoms with Crippen LogP contribution in [0.25, 0.3) is 5.76 Å². The average molecular weight is 180 g/mol. The highest BCUT2D eigenvalue weighted by atomic mass is 19.1. The van der Waals surface area contributed by atoms with Crippen molar-refractivity contribution in [1.29, 1.82) is 0 Å². The molecule has 0 aliphatic heterocycles. The Balaban J connectivity index is 2.90. The molecule has 1 nitrogen and oxygen atoms in total. The van der Waals surface area contributed by atoms with Gasteiger partial charge in [0.05, 0.1) is 6.61 Å². The van der Waals surface area contributed by atoms with Crippen LogP contribution in [0.5, 0.6) is 0 Å². The molecule has 0 saturated heterocycles. The lowest BCUT2D eigenvalue weighted by molar-refractivity contribution is 0.299. The fourth-order valence-corrected chi connectivity index (χ4v) is 1.02. The average Bonchev–Trinajstić information content (AvgIpc) is 2.10. The van der Waals surface area contributed by atoms with Crippen LogP contribution in [0.3, 0.4) is 0 Å². The minimum Gasteiger partial charge on any atom is -0.494 e. The van der Waals surface area contributed by atoms with Crippen molar-refractivity contribution in [1.82, 2.24) is 0 Å². The zero-order valence-electron chi connectivity index (χ0n) is 7.93. The van der Waals surface area contributed by atoms with Crippen LogP contribution in [0.4, 0.5) is 4.39 Å². The molecule has 0 radical (unpaired) electrons. The van der Waals surface area contributed by atoms with E-state index in [2.05, 4.69) is 6.58 Å². The molecular formula is C11H13FO. The Hall–Kier alpha value is -1.31. The second-order valence-corrected chi connectivity index (χ2v) is 2.82. The maximum atomic E-state index is 13.1. The van der Waals surface area contributed by atoms with Crippen LogP contribution in [-0.2, 0) is 4.74 Å². The lowest BCUT2D eigenvalue weighted by Gasteiger charge is -2.07. The molecule has 0 amide bonds. The van der Waals surface area contributed by atoms with Gasteiger partial charge in [-0.15, -0.1) is 0 Å². The van der Waals surface area contributed by atoms with Crippen molar-refractivity contribution in [3.05, 3.63) is 41.7 Å². The summed E-state index contributed by atoms with van der Waals surface area (Å²) in [6, 6.07) is 4.96. The van der Waals surface area contributed by atoms with Gasteiger partial charge >= 0.3 is 0 Å². The van der Waals surface area contributed by atoms with Gasteiger partial charge in [0.25, 0.3) is 0 Å². The van der Waals surface area contributed by atoms with Gasteiger partial charge in [-0.05, 0) is 25.5 Å². The summed E-state index contributed by atoms with van der Waals surface area (Å²) >= 11 is 0. The smallest absolute Gasteiger partial charge is 0.126 e. The Morgan fingerprint density at radius 1 is 1.54 bits per heavy atom. The molecule has 1 aromatic rings. The van der Waals surface area contributed by atoms with E-state index in [0.29, 0.717) is 23.5 Å². The van der Waals surface area contributed by atoms with E-state index >= 15 is 0 Å². The van der Waals surface area contributed by atoms with Gasteiger partial charge in [0.1, 0.15) is 11.6 Å². The Bertz CT molecular complexity index is 318. The number of hydrogen-bond acceptors (Lipinski definition) is 1. The van der Waals surface area contributed by atoms with E-state index in [-0.39, 0.29) is 5.82 Å². The third-order valence-electron chi connectivity index (χ3n) is 1.81. The summed E-state index contributed by atoms with van der Waals surface area (Å²) in [4.78, 5) is 0. The van der Waals surface area contributed by atoms with Crippen LogP contribution < -0.4 is 0 Å². The van der Waals surface area contributed by atoms with Gasteiger partial charge in [-0.3, -0.25) is 0 Å². The predicted molar refractivity (Wildman–Crippen MR) is 51.8 cm³/mol. The Morgan fingerprint density at radius 2 is 2.23 bits per heavy atom. The van der Waals surface area contributed by atoms with Gasteiger partial charge in [-0.1, -0.05) is 18.7 Å². The van der Waals surface area contributed by atoms with Crippen LogP contribution in [0.15, 0.2) is 24.8 Å². The van der Waals surface area contributed by atoms with Crippen molar-refractivity contribution < 1.29 is 9.13 Å². The van der Waals surface area contributed by atoms with E-state index in [1.165, 1.54) is 6.07 Å². The van der Waals surface area contributed by atoms with Gasteiger partial charge in [0.2, 0.25) is 0 Å². The standard InChI is InChI=1S/C11H13FO/c1-4-13-9(3)10-6-5-8(2)11(12)7-10/h5-7H,3-4H2,1-2H3. The minimum absolute atomic E-state index is 0.224. The van der Waals surface area contributed by atoms with Crippen LogP contribution in [0, 0.1) is 12.7 Å². The highest BCUT2D eigenvalue weighted by Crippen LogP contribution is 2.16. The summed E-state index contributed by atoms with van der Waals surface area (Å²) in [5.41, 5.74) is 1.33. The Morgan fingerprint density at radius 3 is 2.77 bits per heavy atom. The van der Waals surface area contributed by atoms with E-state index in [1.54, 1.807) is 19.1 Å². The number of hydrogen-bond donors (Lipinski definition) is 0. The highest BCUT2D eigenvalue weighted by molar-refractivity contribution is 5.57. The summed E-state index contributed by atoms with van der Waals surface area (Å²) in [6.07, 6.45) is 0. The fraction of sp³-hybridized carbons (Fsp3) is 0.273. The first-order valence-electron chi connectivity index (χ1n) is 4.23. The largest absolute Gasteiger partial charge is 0.494 e. The summed E-state index contributed by atoms with van der Waals surface area (Å²) in [5.74, 6) is 0.291. The molecule has 1 aromatic carbocycles. The second-order valence-electron chi connectivity index (χ2n) is 2.82. The predicted octanol–water partition coefficient (Wildman–Crippen LogP) is 3.14. The number of benzene rings is 1. The van der Waals surface area contributed by atoms with Gasteiger partial charge in [-0.2, -0.15) is 0 Å². The molecule has 70 valence electrons. The number of aryl methyl sites for hydroxylation is 1. The topological polar surface area (TPSA) is 9.23 Å². The number of halogens is 1. The normalized spacial score (nSPS) is 9.77. The molecule has 0 atom stereocenters. The van der Waals surface area contributed by atoms with E-state index in [0.717, 1.165) is 0 Å². The van der Waals surface area contributed by atoms with Gasteiger partial charge in [0, 0.05) is 5.56 Å². The molecule has 0 spiro atoms. The van der Waals surface area contributed by atoms with E-state index in [1.807, 2.05) is 6.92 Å². The van der Waals surface area contributed by atoms with E-state index < -0.39 is 0 Å². The molecular weight excluding hydrogens is 167 g/mol. The summed E-state index contributed by atoms with van der Waals surface area (Å²) in [6.45, 7) is 7.84. The molecule has 2 heteroatoms. The quantitative estimate of drug-likeness (QED) is 0.649. The lowest BCUT2D eigenvalue weighted by atomic mass is 10.1. The molecule has 13 heavy (non-hydrogen) atoms. The van der Waals surface area contributed by atoms with Crippen molar-refractivity contribution in [2.45, 2.75) is 13.8 Å². The Labute approximate surface area is 77.8 Å². The SMILES string of the molecule is C=C(OCC)c1ccc(C)c(F)c1. The van der Waals surface area contributed by atoms with Crippen molar-refractivity contribution in [3.8, 4) is 0 Å². The van der Waals surface area contributed by atoms with Crippen molar-refractivity contribution in [3.63, 3.8) is 0 Å². The molecule has 0 saturated carbocycles. The first kappa shape index (κ1) is 9.78. The second kappa shape index (κ2) is 4.08. The fourth-order valence-electron chi connectivity index (χ4n) is 1.02. The van der Waals surface area contributed by atoms with E-state index in [9.17, 15) is 4.39 Å². The zero-order valence-corrected chi connectivity index (χ0v) is 7.93. The van der Waals surface area contributed by atoms with E-state index in [4.69, 9.17) is 4.74 Å². The maximum absolute atomic E-state index is 13.1. The van der Waals surface area contributed by atoms with Crippen LogP contribution >= 0.6 is 0 Å². The van der Waals surface area contributed by atoms with Crippen molar-refractivity contribution in [2.75, 3.05) is 6.61 Å². The number of rotatable bonds is 3. The summed E-state index contributed by atoms with van der Waals surface area (Å²) in [5, 5.41) is 0. The molecule has 0 heterocycles. The first-order valence-corrected chi connectivity index (χ1v) is 4.23. The summed E-state index contributed by atoms with van der Waals surface area (Å²) < 4.78 is 18.2. The first-order chi connectivity index (χ1) is 6.15. The van der Waals surface area contributed by atoms with Crippen molar-refractivity contribution in [2.24, 2.45) is 0 Å². The zero-order chi connectivity index (χ0) is 9.84. The third kappa shape index (κ3) is 2.31. The van der Waals surface area contributed by atoms with Gasteiger partial charge in [0.15, 0.2) is 0 Å². The van der Waals surface area contributed by atoms with Gasteiger partial charge < -0.3 is 4.74 Å². The molecule has 0 aliphatic rings. The number of ether oxygens (including phenoxy) is 1. The lowest BCUT2D eigenvalue weighted by Crippen LogP contribution is -1.92. The van der Waals surface area contributed by atoms with Crippen molar-refractivity contribution >= 4 is 5.76 Å². The highest BCUT2D eigenvalue weighted by Gasteiger charge is 2.02. The molecule has 0 fully saturated rings.